The van der Waals surface area contributed by atoms with Crippen LogP contribution in [0.15, 0.2) is 24.3 Å². The lowest BCUT2D eigenvalue weighted by atomic mass is 10.0. The Morgan fingerprint density at radius 2 is 1.85 bits per heavy atom. The fourth-order valence-electron chi connectivity index (χ4n) is 2.89. The molecule has 1 N–H and O–H groups in total. The van der Waals surface area contributed by atoms with E-state index in [0.29, 0.717) is 12.1 Å². The molecule has 112 valence electrons. The van der Waals surface area contributed by atoms with Gasteiger partial charge in [-0.2, -0.15) is 0 Å². The summed E-state index contributed by atoms with van der Waals surface area (Å²) in [5.41, 5.74) is 2.66. The normalized spacial score (nSPS) is 20.9. The van der Waals surface area contributed by atoms with Gasteiger partial charge >= 0.3 is 0 Å². The number of hydrogen-bond donors (Lipinski definition) is 1. The Balaban J connectivity index is 1.93. The van der Waals surface area contributed by atoms with Crippen molar-refractivity contribution in [2.75, 3.05) is 39.1 Å². The van der Waals surface area contributed by atoms with Crippen LogP contribution >= 0.6 is 0 Å². The molecule has 0 saturated carbocycles. The van der Waals surface area contributed by atoms with Crippen LogP contribution in [-0.4, -0.2) is 45.2 Å². The second kappa shape index (κ2) is 7.09. The maximum atomic E-state index is 3.63. The van der Waals surface area contributed by atoms with E-state index in [1.165, 1.54) is 37.1 Å². The lowest BCUT2D eigenvalue weighted by Gasteiger charge is -2.32. The lowest BCUT2D eigenvalue weighted by Crippen LogP contribution is -2.43. The smallest absolute Gasteiger partial charge is 0.0361 e. The van der Waals surface area contributed by atoms with E-state index in [1.54, 1.807) is 0 Å². The van der Waals surface area contributed by atoms with Crippen LogP contribution in [0.4, 0.5) is 5.69 Å². The van der Waals surface area contributed by atoms with Gasteiger partial charge in [0.05, 0.1) is 0 Å². The Morgan fingerprint density at radius 1 is 1.15 bits per heavy atom. The van der Waals surface area contributed by atoms with E-state index in [2.05, 4.69) is 67.4 Å². The number of piperidine rings is 1. The first-order valence-electron chi connectivity index (χ1n) is 7.79. The third kappa shape index (κ3) is 3.97. The minimum absolute atomic E-state index is 0.468. The number of likely N-dealkylation sites (N-methyl/N-ethyl adjacent to an activating group) is 1. The molecule has 3 nitrogen and oxygen atoms in total. The predicted octanol–water partition coefficient (Wildman–Crippen LogP) is 2.89. The summed E-state index contributed by atoms with van der Waals surface area (Å²) in [6, 6.07) is 10.1. The molecule has 1 fully saturated rings. The summed E-state index contributed by atoms with van der Waals surface area (Å²) in [5.74, 6) is 0. The van der Waals surface area contributed by atoms with Crippen LogP contribution in [0.1, 0.15) is 37.8 Å². The molecule has 2 atom stereocenters. The van der Waals surface area contributed by atoms with E-state index in [4.69, 9.17) is 0 Å². The van der Waals surface area contributed by atoms with Crippen LogP contribution < -0.4 is 10.2 Å². The number of anilines is 1. The third-order valence-electron chi connectivity index (χ3n) is 4.47. The maximum Gasteiger partial charge on any atom is 0.0361 e. The topological polar surface area (TPSA) is 18.5 Å². The van der Waals surface area contributed by atoms with E-state index in [-0.39, 0.29) is 0 Å². The van der Waals surface area contributed by atoms with Gasteiger partial charge in [0.25, 0.3) is 0 Å². The number of hydrogen-bond acceptors (Lipinski definition) is 3. The zero-order valence-corrected chi connectivity index (χ0v) is 13.4. The van der Waals surface area contributed by atoms with Gasteiger partial charge < -0.3 is 10.2 Å². The molecule has 20 heavy (non-hydrogen) atoms. The Hall–Kier alpha value is -1.06. The fourth-order valence-corrected chi connectivity index (χ4v) is 2.89. The third-order valence-corrected chi connectivity index (χ3v) is 4.47. The summed E-state index contributed by atoms with van der Waals surface area (Å²) < 4.78 is 0. The molecule has 0 radical (unpaired) electrons. The van der Waals surface area contributed by atoms with Gasteiger partial charge in [0, 0.05) is 38.4 Å². The Labute approximate surface area is 124 Å². The van der Waals surface area contributed by atoms with Crippen molar-refractivity contribution in [2.24, 2.45) is 0 Å². The molecular formula is C17H29N3. The average Bonchev–Trinajstić information content (AvgIpc) is 2.47. The van der Waals surface area contributed by atoms with E-state index >= 15 is 0 Å². The van der Waals surface area contributed by atoms with Crippen LogP contribution in [-0.2, 0) is 0 Å². The standard InChI is InChI=1S/C17H29N3/c1-14(15-8-10-17(11-9-15)19(2)3)20(4)13-16-7-5-6-12-18-16/h8-11,14,16,18H,5-7,12-13H2,1-4H3. The van der Waals surface area contributed by atoms with E-state index in [1.807, 2.05) is 0 Å². The van der Waals surface area contributed by atoms with Gasteiger partial charge in [-0.15, -0.1) is 0 Å². The monoisotopic (exact) mass is 275 g/mol. The molecule has 3 heteroatoms. The predicted molar refractivity (Wildman–Crippen MR) is 87.5 cm³/mol. The number of nitrogens with one attached hydrogen (secondary N) is 1. The average molecular weight is 275 g/mol. The van der Waals surface area contributed by atoms with Crippen molar-refractivity contribution in [2.45, 2.75) is 38.3 Å². The Morgan fingerprint density at radius 3 is 2.40 bits per heavy atom. The highest BCUT2D eigenvalue weighted by Gasteiger charge is 2.18. The van der Waals surface area contributed by atoms with Gasteiger partial charge in [0.15, 0.2) is 0 Å². The molecule has 0 aromatic heterocycles. The van der Waals surface area contributed by atoms with Crippen molar-refractivity contribution in [1.82, 2.24) is 10.2 Å². The molecular weight excluding hydrogens is 246 g/mol. The second-order valence-corrected chi connectivity index (χ2v) is 6.25. The van der Waals surface area contributed by atoms with Crippen molar-refractivity contribution >= 4 is 5.69 Å². The van der Waals surface area contributed by atoms with Crippen molar-refractivity contribution in [1.29, 1.82) is 0 Å². The summed E-state index contributed by atoms with van der Waals surface area (Å²) in [6.45, 7) is 4.62. The van der Waals surface area contributed by atoms with Gasteiger partial charge in [-0.05, 0) is 51.1 Å². The molecule has 1 aliphatic rings. The molecule has 2 unspecified atom stereocenters. The highest BCUT2D eigenvalue weighted by atomic mass is 15.2. The first kappa shape index (κ1) is 15.3. The maximum absolute atomic E-state index is 3.63. The molecule has 1 saturated heterocycles. The quantitative estimate of drug-likeness (QED) is 0.891. The minimum atomic E-state index is 0.468. The van der Waals surface area contributed by atoms with Gasteiger partial charge in [-0.3, -0.25) is 4.90 Å². The molecule has 1 heterocycles. The van der Waals surface area contributed by atoms with Crippen LogP contribution in [0.3, 0.4) is 0 Å². The molecule has 1 aliphatic heterocycles. The first-order valence-corrected chi connectivity index (χ1v) is 7.79. The minimum Gasteiger partial charge on any atom is -0.378 e. The Bertz CT molecular complexity index is 393. The van der Waals surface area contributed by atoms with Gasteiger partial charge in [0.1, 0.15) is 0 Å². The Kier molecular flexibility index (Phi) is 5.44. The van der Waals surface area contributed by atoms with E-state index in [9.17, 15) is 0 Å². The SMILES string of the molecule is CC(c1ccc(N(C)C)cc1)N(C)CC1CCCCN1. The van der Waals surface area contributed by atoms with Crippen LogP contribution in [0.2, 0.25) is 0 Å². The zero-order chi connectivity index (χ0) is 14.5. The first-order chi connectivity index (χ1) is 9.58. The van der Waals surface area contributed by atoms with Crippen LogP contribution in [0.5, 0.6) is 0 Å². The summed E-state index contributed by atoms with van der Waals surface area (Å²) >= 11 is 0. The summed E-state index contributed by atoms with van der Waals surface area (Å²) in [7, 11) is 6.40. The van der Waals surface area contributed by atoms with Gasteiger partial charge in [0.2, 0.25) is 0 Å². The largest absolute Gasteiger partial charge is 0.378 e. The van der Waals surface area contributed by atoms with E-state index < -0.39 is 0 Å². The van der Waals surface area contributed by atoms with Crippen molar-refractivity contribution in [3.05, 3.63) is 29.8 Å². The summed E-state index contributed by atoms with van der Waals surface area (Å²) in [5, 5.41) is 3.63. The second-order valence-electron chi connectivity index (χ2n) is 6.25. The van der Waals surface area contributed by atoms with Crippen molar-refractivity contribution in [3.8, 4) is 0 Å². The molecule has 2 rings (SSSR count). The highest BCUT2D eigenvalue weighted by molar-refractivity contribution is 5.46. The van der Waals surface area contributed by atoms with Crippen LogP contribution in [0, 0.1) is 0 Å². The van der Waals surface area contributed by atoms with E-state index in [0.717, 1.165) is 6.54 Å². The molecule has 1 aromatic carbocycles. The fraction of sp³-hybridized carbons (Fsp3) is 0.647. The highest BCUT2D eigenvalue weighted by Crippen LogP contribution is 2.22. The molecule has 1 aromatic rings. The molecule has 0 aliphatic carbocycles. The van der Waals surface area contributed by atoms with Crippen molar-refractivity contribution in [3.63, 3.8) is 0 Å². The van der Waals surface area contributed by atoms with Crippen LogP contribution in [0.25, 0.3) is 0 Å². The zero-order valence-electron chi connectivity index (χ0n) is 13.4. The number of rotatable bonds is 5. The number of benzene rings is 1. The summed E-state index contributed by atoms with van der Waals surface area (Å²) in [4.78, 5) is 4.61. The molecule has 0 amide bonds. The summed E-state index contributed by atoms with van der Waals surface area (Å²) in [6.07, 6.45) is 4.02. The molecule has 0 bridgehead atoms. The van der Waals surface area contributed by atoms with Gasteiger partial charge in [-0.25, -0.2) is 0 Å². The molecule has 0 spiro atoms. The lowest BCUT2D eigenvalue weighted by molar-refractivity contribution is 0.215. The van der Waals surface area contributed by atoms with Crippen molar-refractivity contribution < 1.29 is 0 Å². The number of nitrogens with zero attached hydrogens (tertiary/aromatic N) is 2. The van der Waals surface area contributed by atoms with Gasteiger partial charge in [-0.1, -0.05) is 18.6 Å².